The highest BCUT2D eigenvalue weighted by atomic mass is 79.9. The van der Waals surface area contributed by atoms with Gasteiger partial charge >= 0.3 is 0 Å². The van der Waals surface area contributed by atoms with Crippen LogP contribution in [0.25, 0.3) is 10.9 Å². The van der Waals surface area contributed by atoms with Crippen LogP contribution in [0.3, 0.4) is 0 Å². The van der Waals surface area contributed by atoms with Gasteiger partial charge < -0.3 is 9.88 Å². The highest BCUT2D eigenvalue weighted by Crippen LogP contribution is 2.22. The number of carbonyl (C=O) groups is 1. The van der Waals surface area contributed by atoms with Crippen LogP contribution < -0.4 is 5.32 Å². The Morgan fingerprint density at radius 3 is 2.76 bits per heavy atom. The van der Waals surface area contributed by atoms with Crippen LogP contribution in [0.2, 0.25) is 0 Å². The summed E-state index contributed by atoms with van der Waals surface area (Å²) in [6.07, 6.45) is 1.96. The van der Waals surface area contributed by atoms with Gasteiger partial charge in [0, 0.05) is 21.6 Å². The minimum Gasteiger partial charge on any atom is -0.338 e. The quantitative estimate of drug-likeness (QED) is 0.754. The zero-order chi connectivity index (χ0) is 14.8. The standard InChI is InChI=1S/C17H15BrN2O/c1-12-5-4-8-16-13(12)9-10-20(16)11-17(21)19-15-7-3-2-6-14(15)18/h2-10H,11H2,1H3,(H,19,21). The molecule has 0 saturated heterocycles. The molecule has 0 spiro atoms. The second-order valence-electron chi connectivity index (χ2n) is 4.98. The average Bonchev–Trinajstić information content (AvgIpc) is 2.86. The topological polar surface area (TPSA) is 34.0 Å². The van der Waals surface area contributed by atoms with Crippen LogP contribution in [-0.2, 0) is 11.3 Å². The molecule has 1 amide bonds. The van der Waals surface area contributed by atoms with Gasteiger partial charge in [0.05, 0.1) is 5.69 Å². The molecule has 0 aliphatic carbocycles. The first-order chi connectivity index (χ1) is 10.1. The van der Waals surface area contributed by atoms with Gasteiger partial charge in [0.25, 0.3) is 0 Å². The fourth-order valence-corrected chi connectivity index (χ4v) is 2.81. The number of halogens is 1. The van der Waals surface area contributed by atoms with Crippen LogP contribution in [-0.4, -0.2) is 10.5 Å². The Labute approximate surface area is 131 Å². The van der Waals surface area contributed by atoms with Crippen LogP contribution in [0.5, 0.6) is 0 Å². The van der Waals surface area contributed by atoms with Crippen LogP contribution >= 0.6 is 15.9 Å². The number of anilines is 1. The zero-order valence-electron chi connectivity index (χ0n) is 11.6. The molecule has 0 saturated carbocycles. The molecule has 1 aromatic heterocycles. The summed E-state index contributed by atoms with van der Waals surface area (Å²) in [5.74, 6) is -0.0408. The molecule has 3 rings (SSSR count). The number of nitrogens with one attached hydrogen (secondary N) is 1. The predicted octanol–water partition coefficient (Wildman–Crippen LogP) is 4.35. The lowest BCUT2D eigenvalue weighted by molar-refractivity contribution is -0.116. The van der Waals surface area contributed by atoms with Crippen molar-refractivity contribution in [3.8, 4) is 0 Å². The minimum absolute atomic E-state index is 0.0408. The van der Waals surface area contributed by atoms with Gasteiger partial charge in [0.2, 0.25) is 5.91 Å². The molecular formula is C17H15BrN2O. The van der Waals surface area contributed by atoms with E-state index in [1.165, 1.54) is 10.9 Å². The molecule has 0 bridgehead atoms. The molecule has 0 radical (unpaired) electrons. The van der Waals surface area contributed by atoms with E-state index in [-0.39, 0.29) is 5.91 Å². The molecule has 106 valence electrons. The number of para-hydroxylation sites is 1. The second kappa shape index (κ2) is 5.74. The fraction of sp³-hybridized carbons (Fsp3) is 0.118. The summed E-state index contributed by atoms with van der Waals surface area (Å²) in [6, 6.07) is 15.8. The Balaban J connectivity index is 1.81. The van der Waals surface area contributed by atoms with Gasteiger partial charge in [-0.25, -0.2) is 0 Å². The van der Waals surface area contributed by atoms with E-state index in [4.69, 9.17) is 0 Å². The third-order valence-electron chi connectivity index (χ3n) is 3.49. The number of carbonyl (C=O) groups excluding carboxylic acids is 1. The van der Waals surface area contributed by atoms with Crippen molar-refractivity contribution in [2.75, 3.05) is 5.32 Å². The molecule has 3 aromatic rings. The Kier molecular flexibility index (Phi) is 3.80. The van der Waals surface area contributed by atoms with Gasteiger partial charge in [-0.1, -0.05) is 24.3 Å². The monoisotopic (exact) mass is 342 g/mol. The molecule has 0 atom stereocenters. The van der Waals surface area contributed by atoms with E-state index in [0.717, 1.165) is 15.7 Å². The van der Waals surface area contributed by atoms with Gasteiger partial charge in [-0.2, -0.15) is 0 Å². The molecule has 0 fully saturated rings. The van der Waals surface area contributed by atoms with Crippen molar-refractivity contribution in [2.45, 2.75) is 13.5 Å². The van der Waals surface area contributed by atoms with Crippen LogP contribution in [0.1, 0.15) is 5.56 Å². The summed E-state index contributed by atoms with van der Waals surface area (Å²) in [5.41, 5.74) is 3.09. The first-order valence-corrected chi connectivity index (χ1v) is 7.53. The van der Waals surface area contributed by atoms with Gasteiger partial charge in [-0.05, 0) is 52.7 Å². The van der Waals surface area contributed by atoms with Crippen molar-refractivity contribution in [3.05, 3.63) is 64.8 Å². The molecule has 1 N–H and O–H groups in total. The van der Waals surface area contributed by atoms with E-state index in [2.05, 4.69) is 40.3 Å². The third-order valence-corrected chi connectivity index (χ3v) is 4.19. The Morgan fingerprint density at radius 2 is 1.95 bits per heavy atom. The van der Waals surface area contributed by atoms with Gasteiger partial charge in [0.1, 0.15) is 6.54 Å². The summed E-state index contributed by atoms with van der Waals surface area (Å²) >= 11 is 3.43. The highest BCUT2D eigenvalue weighted by Gasteiger charge is 2.08. The summed E-state index contributed by atoms with van der Waals surface area (Å²) in [5, 5.41) is 4.11. The van der Waals surface area contributed by atoms with E-state index < -0.39 is 0 Å². The summed E-state index contributed by atoms with van der Waals surface area (Å²) in [4.78, 5) is 12.2. The first kappa shape index (κ1) is 13.9. The van der Waals surface area contributed by atoms with E-state index in [1.54, 1.807) is 0 Å². The van der Waals surface area contributed by atoms with Gasteiger partial charge in [0.15, 0.2) is 0 Å². The Morgan fingerprint density at radius 1 is 1.14 bits per heavy atom. The predicted molar refractivity (Wildman–Crippen MR) is 89.4 cm³/mol. The lowest BCUT2D eigenvalue weighted by atomic mass is 10.1. The number of benzene rings is 2. The second-order valence-corrected chi connectivity index (χ2v) is 5.83. The maximum atomic E-state index is 12.2. The Bertz CT molecular complexity index is 807. The van der Waals surface area contributed by atoms with Crippen molar-refractivity contribution < 1.29 is 4.79 Å². The number of amides is 1. The smallest absolute Gasteiger partial charge is 0.244 e. The van der Waals surface area contributed by atoms with Crippen LogP contribution in [0, 0.1) is 6.92 Å². The molecule has 0 aliphatic rings. The molecule has 1 heterocycles. The van der Waals surface area contributed by atoms with Crippen molar-refractivity contribution >= 4 is 38.4 Å². The van der Waals surface area contributed by atoms with E-state index >= 15 is 0 Å². The summed E-state index contributed by atoms with van der Waals surface area (Å²) in [7, 11) is 0. The van der Waals surface area contributed by atoms with Crippen molar-refractivity contribution in [3.63, 3.8) is 0 Å². The normalized spacial score (nSPS) is 10.8. The van der Waals surface area contributed by atoms with Crippen molar-refractivity contribution in [1.82, 2.24) is 4.57 Å². The number of aromatic nitrogens is 1. The van der Waals surface area contributed by atoms with E-state index in [1.807, 2.05) is 47.2 Å². The minimum atomic E-state index is -0.0408. The number of aryl methyl sites for hydroxylation is 1. The maximum Gasteiger partial charge on any atom is 0.244 e. The van der Waals surface area contributed by atoms with Gasteiger partial charge in [-0.15, -0.1) is 0 Å². The van der Waals surface area contributed by atoms with E-state index in [0.29, 0.717) is 6.54 Å². The first-order valence-electron chi connectivity index (χ1n) is 6.74. The zero-order valence-corrected chi connectivity index (χ0v) is 13.2. The third kappa shape index (κ3) is 2.85. The SMILES string of the molecule is Cc1cccc2c1ccn2CC(=O)Nc1ccccc1Br. The average molecular weight is 343 g/mol. The number of fused-ring (bicyclic) bond motifs is 1. The fourth-order valence-electron chi connectivity index (χ4n) is 2.42. The number of hydrogen-bond donors (Lipinski definition) is 1. The molecule has 4 heteroatoms. The molecule has 3 nitrogen and oxygen atoms in total. The maximum absolute atomic E-state index is 12.2. The molecule has 2 aromatic carbocycles. The molecule has 0 aliphatic heterocycles. The van der Waals surface area contributed by atoms with E-state index in [9.17, 15) is 4.79 Å². The Hall–Kier alpha value is -2.07. The van der Waals surface area contributed by atoms with Crippen LogP contribution in [0.4, 0.5) is 5.69 Å². The number of hydrogen-bond acceptors (Lipinski definition) is 1. The number of rotatable bonds is 3. The summed E-state index contributed by atoms with van der Waals surface area (Å²) in [6.45, 7) is 2.38. The largest absolute Gasteiger partial charge is 0.338 e. The highest BCUT2D eigenvalue weighted by molar-refractivity contribution is 9.10. The molecular weight excluding hydrogens is 328 g/mol. The lowest BCUT2D eigenvalue weighted by Gasteiger charge is -2.09. The molecule has 0 unspecified atom stereocenters. The summed E-state index contributed by atoms with van der Waals surface area (Å²) < 4.78 is 2.85. The number of nitrogens with zero attached hydrogens (tertiary/aromatic N) is 1. The van der Waals surface area contributed by atoms with Gasteiger partial charge in [-0.3, -0.25) is 4.79 Å². The molecule has 21 heavy (non-hydrogen) atoms. The van der Waals surface area contributed by atoms with Crippen LogP contribution in [0.15, 0.2) is 59.2 Å². The van der Waals surface area contributed by atoms with Crippen molar-refractivity contribution in [1.29, 1.82) is 0 Å². The van der Waals surface area contributed by atoms with Crippen molar-refractivity contribution in [2.24, 2.45) is 0 Å². The lowest BCUT2D eigenvalue weighted by Crippen LogP contribution is -2.18.